The Morgan fingerprint density at radius 3 is 2.41 bits per heavy atom. The van der Waals surface area contributed by atoms with E-state index in [9.17, 15) is 5.11 Å². The zero-order valence-electron chi connectivity index (χ0n) is 16.1. The van der Waals surface area contributed by atoms with Gasteiger partial charge in [0.2, 0.25) is 0 Å². The number of hydrogen-bond acceptors (Lipinski definition) is 4. The van der Waals surface area contributed by atoms with Crippen molar-refractivity contribution in [3.63, 3.8) is 0 Å². The average Bonchev–Trinajstić information content (AvgIpc) is 2.67. The molecule has 0 bridgehead atoms. The molecule has 0 radical (unpaired) electrons. The Labute approximate surface area is 165 Å². The minimum absolute atomic E-state index is 0.242. The minimum atomic E-state index is 0.242. The Balaban J connectivity index is 2.02. The molecule has 0 atom stereocenters. The zero-order valence-corrected chi connectivity index (χ0v) is 16.9. The smallest absolute Gasteiger partial charge is 0.127 e. The van der Waals surface area contributed by atoms with E-state index in [-0.39, 0.29) is 5.75 Å². The Bertz CT molecular complexity index is 891. The van der Waals surface area contributed by atoms with Crippen molar-refractivity contribution in [3.05, 3.63) is 60.7 Å². The van der Waals surface area contributed by atoms with Gasteiger partial charge in [0, 0.05) is 17.0 Å². The molecule has 0 unspecified atom stereocenters. The number of pyridine rings is 1. The fourth-order valence-corrected chi connectivity index (χ4v) is 3.50. The highest BCUT2D eigenvalue weighted by Gasteiger charge is 2.10. The molecule has 0 amide bonds. The predicted octanol–water partition coefficient (Wildman–Crippen LogP) is 6.30. The van der Waals surface area contributed by atoms with Gasteiger partial charge in [-0.15, -0.1) is 11.8 Å². The Morgan fingerprint density at radius 2 is 1.74 bits per heavy atom. The minimum Gasteiger partial charge on any atom is -0.507 e. The van der Waals surface area contributed by atoms with Crippen LogP contribution in [-0.4, -0.2) is 22.4 Å². The molecule has 0 spiro atoms. The zero-order chi connectivity index (χ0) is 19.2. The van der Waals surface area contributed by atoms with Crippen LogP contribution in [0.5, 0.6) is 5.75 Å². The third-order valence-corrected chi connectivity index (χ3v) is 5.09. The van der Waals surface area contributed by atoms with Gasteiger partial charge in [0.05, 0.1) is 5.69 Å². The molecule has 0 saturated heterocycles. The highest BCUT2D eigenvalue weighted by Crippen LogP contribution is 2.33. The summed E-state index contributed by atoms with van der Waals surface area (Å²) in [6, 6.07) is 20.1. The number of aromatic hydroxyl groups is 1. The summed E-state index contributed by atoms with van der Waals surface area (Å²) >= 11 is 1.84. The van der Waals surface area contributed by atoms with Crippen LogP contribution >= 0.6 is 11.8 Å². The fraction of sp³-hybridized carbons (Fsp3) is 0.261. The second kappa shape index (κ2) is 8.96. The number of nitrogens with one attached hydrogen (secondary N) is 1. The van der Waals surface area contributed by atoms with Crippen LogP contribution in [0.15, 0.2) is 65.6 Å². The van der Waals surface area contributed by atoms with Gasteiger partial charge in [-0.2, -0.15) is 0 Å². The molecule has 0 saturated carbocycles. The maximum Gasteiger partial charge on any atom is 0.127 e. The van der Waals surface area contributed by atoms with Crippen molar-refractivity contribution < 1.29 is 5.11 Å². The van der Waals surface area contributed by atoms with E-state index < -0.39 is 0 Å². The molecule has 1 aromatic heterocycles. The van der Waals surface area contributed by atoms with Gasteiger partial charge in [-0.3, -0.25) is 0 Å². The van der Waals surface area contributed by atoms with Gasteiger partial charge in [-0.25, -0.2) is 4.98 Å². The average molecular weight is 379 g/mol. The first-order valence-electron chi connectivity index (χ1n) is 9.34. The molecule has 140 valence electrons. The number of benzene rings is 2. The maximum atomic E-state index is 10.3. The van der Waals surface area contributed by atoms with E-state index in [0.29, 0.717) is 5.92 Å². The summed E-state index contributed by atoms with van der Waals surface area (Å²) in [6.45, 7) is 7.35. The van der Waals surface area contributed by atoms with E-state index in [0.717, 1.165) is 40.5 Å². The Hall–Kier alpha value is -2.46. The second-order valence-electron chi connectivity index (χ2n) is 6.88. The number of rotatable bonds is 7. The van der Waals surface area contributed by atoms with Crippen LogP contribution < -0.4 is 5.32 Å². The summed E-state index contributed by atoms with van der Waals surface area (Å²) < 4.78 is 0. The van der Waals surface area contributed by atoms with Crippen LogP contribution in [0.2, 0.25) is 0 Å². The molecule has 0 aliphatic rings. The van der Waals surface area contributed by atoms with Crippen molar-refractivity contribution in [1.82, 2.24) is 4.98 Å². The number of nitrogens with zero attached hydrogens (tertiary/aromatic N) is 1. The van der Waals surface area contributed by atoms with Crippen molar-refractivity contribution in [1.29, 1.82) is 0 Å². The van der Waals surface area contributed by atoms with E-state index in [1.165, 1.54) is 4.90 Å². The van der Waals surface area contributed by atoms with Gasteiger partial charge in [-0.05, 0) is 59.2 Å². The van der Waals surface area contributed by atoms with Crippen LogP contribution in [0.1, 0.15) is 20.8 Å². The van der Waals surface area contributed by atoms with Gasteiger partial charge in [0.1, 0.15) is 11.6 Å². The first-order valence-corrected chi connectivity index (χ1v) is 10.3. The molecule has 0 aliphatic carbocycles. The van der Waals surface area contributed by atoms with E-state index in [1.54, 1.807) is 6.07 Å². The van der Waals surface area contributed by atoms with Crippen LogP contribution in [0.3, 0.4) is 0 Å². The summed E-state index contributed by atoms with van der Waals surface area (Å²) in [5.41, 5.74) is 3.73. The molecule has 4 heteroatoms. The molecular formula is C23H26N2OS. The van der Waals surface area contributed by atoms with Gasteiger partial charge < -0.3 is 10.4 Å². The number of phenolic OH excluding ortho intramolecular Hbond substituents is 1. The van der Waals surface area contributed by atoms with E-state index in [2.05, 4.69) is 56.4 Å². The molecule has 3 nitrogen and oxygen atoms in total. The van der Waals surface area contributed by atoms with E-state index in [1.807, 2.05) is 36.0 Å². The van der Waals surface area contributed by atoms with Gasteiger partial charge in [0.15, 0.2) is 0 Å². The van der Waals surface area contributed by atoms with Gasteiger partial charge >= 0.3 is 0 Å². The number of anilines is 1. The standard InChI is InChI=1S/C23H26N2OS/c1-4-27-19-11-9-17(10-12-19)18-13-21(20-7-5-6-8-22(20)26)25-23(14-18)24-15-16(2)3/h5-14,16,26H,4,15H2,1-3H3,(H,24,25). The first-order chi connectivity index (χ1) is 13.1. The van der Waals surface area contributed by atoms with Crippen molar-refractivity contribution in [2.75, 3.05) is 17.6 Å². The normalized spacial score (nSPS) is 11.0. The molecule has 3 rings (SSSR count). The molecule has 2 aromatic carbocycles. The second-order valence-corrected chi connectivity index (χ2v) is 8.21. The molecular weight excluding hydrogens is 352 g/mol. The van der Waals surface area contributed by atoms with Crippen LogP contribution in [0, 0.1) is 5.92 Å². The molecule has 27 heavy (non-hydrogen) atoms. The molecule has 0 fully saturated rings. The lowest BCUT2D eigenvalue weighted by molar-refractivity contribution is 0.477. The quantitative estimate of drug-likeness (QED) is 0.474. The number of hydrogen-bond donors (Lipinski definition) is 2. The third-order valence-electron chi connectivity index (χ3n) is 4.20. The number of aromatic nitrogens is 1. The largest absolute Gasteiger partial charge is 0.507 e. The Kier molecular flexibility index (Phi) is 6.40. The topological polar surface area (TPSA) is 45.2 Å². The summed E-state index contributed by atoms with van der Waals surface area (Å²) in [5.74, 6) is 2.66. The summed E-state index contributed by atoms with van der Waals surface area (Å²) in [6.07, 6.45) is 0. The lowest BCUT2D eigenvalue weighted by atomic mass is 10.0. The van der Waals surface area contributed by atoms with Crippen molar-refractivity contribution in [2.24, 2.45) is 5.92 Å². The lowest BCUT2D eigenvalue weighted by Crippen LogP contribution is -2.09. The number of para-hydroxylation sites is 1. The molecule has 2 N–H and O–H groups in total. The summed E-state index contributed by atoms with van der Waals surface area (Å²) in [5, 5.41) is 13.7. The molecule has 3 aromatic rings. The van der Waals surface area contributed by atoms with Crippen LogP contribution in [0.4, 0.5) is 5.82 Å². The highest BCUT2D eigenvalue weighted by atomic mass is 32.2. The van der Waals surface area contributed by atoms with Gasteiger partial charge in [-0.1, -0.05) is 45.0 Å². The Morgan fingerprint density at radius 1 is 1.00 bits per heavy atom. The maximum absolute atomic E-state index is 10.3. The fourth-order valence-electron chi connectivity index (χ4n) is 2.83. The van der Waals surface area contributed by atoms with Crippen molar-refractivity contribution >= 4 is 17.6 Å². The molecule has 0 aliphatic heterocycles. The summed E-state index contributed by atoms with van der Waals surface area (Å²) in [7, 11) is 0. The summed E-state index contributed by atoms with van der Waals surface area (Å²) in [4.78, 5) is 6.01. The lowest BCUT2D eigenvalue weighted by Gasteiger charge is -2.13. The SMILES string of the molecule is CCSc1ccc(-c2cc(NCC(C)C)nc(-c3ccccc3O)c2)cc1. The highest BCUT2D eigenvalue weighted by molar-refractivity contribution is 7.99. The number of phenols is 1. The van der Waals surface area contributed by atoms with E-state index >= 15 is 0 Å². The monoisotopic (exact) mass is 378 g/mol. The van der Waals surface area contributed by atoms with Crippen molar-refractivity contribution in [2.45, 2.75) is 25.7 Å². The predicted molar refractivity (Wildman–Crippen MR) is 116 cm³/mol. The molecule has 1 heterocycles. The van der Waals surface area contributed by atoms with Crippen LogP contribution in [-0.2, 0) is 0 Å². The van der Waals surface area contributed by atoms with Crippen molar-refractivity contribution in [3.8, 4) is 28.1 Å². The first kappa shape index (κ1) is 19.3. The number of thioether (sulfide) groups is 1. The third kappa shape index (κ3) is 5.04. The van der Waals surface area contributed by atoms with E-state index in [4.69, 9.17) is 4.98 Å². The van der Waals surface area contributed by atoms with Gasteiger partial charge in [0.25, 0.3) is 0 Å². The van der Waals surface area contributed by atoms with Crippen LogP contribution in [0.25, 0.3) is 22.4 Å².